The van der Waals surface area contributed by atoms with Crippen LogP contribution in [0.15, 0.2) is 195 Å². The molecule has 12 aromatic rings. The van der Waals surface area contributed by atoms with Crippen LogP contribution in [-0.2, 0) is 55.5 Å². The number of aliphatic hydroxyl groups is 2. The fourth-order valence-corrected chi connectivity index (χ4v) is 14.5. The van der Waals surface area contributed by atoms with Crippen molar-refractivity contribution in [3.8, 4) is 0 Å². The summed E-state index contributed by atoms with van der Waals surface area (Å²) in [6.07, 6.45) is 2.52. The number of nitrogens with zero attached hydrogens (tertiary/aromatic N) is 11. The summed E-state index contributed by atoms with van der Waals surface area (Å²) in [6.45, 7) is 2.68. The third kappa shape index (κ3) is 23.5. The fourth-order valence-electron chi connectivity index (χ4n) is 11.4. The van der Waals surface area contributed by atoms with Gasteiger partial charge in [-0.2, -0.15) is 0 Å². The minimum atomic E-state index is -2.25. The number of alkyl halides is 4. The average molecular weight is 1980 g/mol. The van der Waals surface area contributed by atoms with Gasteiger partial charge in [-0.3, -0.25) is 0 Å². The van der Waals surface area contributed by atoms with E-state index in [1.54, 1.807) is 146 Å². The number of nitrogens with two attached hydrogens (primary N) is 1. The third-order valence-corrected chi connectivity index (χ3v) is 20.6. The molecule has 27 nitrogen and oxygen atoms in total. The van der Waals surface area contributed by atoms with Gasteiger partial charge in [0.25, 0.3) is 0 Å². The number of hydrogen-bond donors (Lipinski definition) is 6. The molecule has 0 spiro atoms. The molecule has 0 aliphatic carbocycles. The van der Waals surface area contributed by atoms with Crippen molar-refractivity contribution < 1.29 is 78.7 Å². The molecule has 41 heteroatoms. The van der Waals surface area contributed by atoms with Crippen molar-refractivity contribution in [2.75, 3.05) is 25.6 Å². The number of nitrogens with one attached hydrogen (secondary N) is 2. The van der Waals surface area contributed by atoms with Crippen molar-refractivity contribution in [2.45, 2.75) is 129 Å². The molecule has 15 rings (SSSR count). The molecule has 1 unspecified atom stereocenters. The van der Waals surface area contributed by atoms with Gasteiger partial charge in [-0.15, -0.1) is 0 Å². The van der Waals surface area contributed by atoms with Crippen molar-refractivity contribution in [2.24, 2.45) is 4.30 Å². The molecule has 3 aliphatic heterocycles. The monoisotopic (exact) mass is 1980 g/mol. The van der Waals surface area contributed by atoms with Crippen LogP contribution < -0.4 is 5.73 Å². The van der Waals surface area contributed by atoms with Gasteiger partial charge in [-0.1, -0.05) is 161 Å². The molecule has 0 amide bonds. The van der Waals surface area contributed by atoms with E-state index in [9.17, 15) is 33.8 Å². The molecule has 6 N–H and O–H groups in total. The number of rotatable bonds is 13. The van der Waals surface area contributed by atoms with Gasteiger partial charge in [0.2, 0.25) is 0 Å². The van der Waals surface area contributed by atoms with Gasteiger partial charge in [0, 0.05) is 63.6 Å². The van der Waals surface area contributed by atoms with Crippen molar-refractivity contribution in [3.05, 3.63) is 229 Å². The molecular weight excluding hydrogens is 1890 g/mol. The second-order valence-corrected chi connectivity index (χ2v) is 28.8. The van der Waals surface area contributed by atoms with E-state index in [2.05, 4.69) is 161 Å². The Balaban J connectivity index is 0.000000393. The Morgan fingerprint density at radius 1 is 0.578 bits per heavy atom. The quantitative estimate of drug-likeness (QED) is 0.0156. The van der Waals surface area contributed by atoms with Gasteiger partial charge in [0.05, 0.1) is 50.4 Å². The van der Waals surface area contributed by atoms with Crippen LogP contribution in [0.25, 0.3) is 44.1 Å². The van der Waals surface area contributed by atoms with Crippen molar-refractivity contribution in [1.82, 2.24) is 59.0 Å². The molecule has 1 radical (unpaired) electrons. The van der Waals surface area contributed by atoms with E-state index in [0.717, 1.165) is 26.5 Å². The minimum absolute atomic E-state index is 0. The van der Waals surface area contributed by atoms with Crippen LogP contribution in [0.1, 0.15) is 115 Å². The van der Waals surface area contributed by atoms with E-state index in [0.29, 0.717) is 58.0 Å². The number of aliphatic hydroxyl groups excluding tert-OH is 2. The van der Waals surface area contributed by atoms with E-state index in [1.165, 1.54) is 55.2 Å². The van der Waals surface area contributed by atoms with Crippen LogP contribution in [0.4, 0.5) is 19.0 Å². The first-order valence-electron chi connectivity index (χ1n) is 33.3. The van der Waals surface area contributed by atoms with Crippen molar-refractivity contribution in [3.63, 3.8) is 0 Å². The second kappa shape index (κ2) is 45.9. The zero-order valence-corrected chi connectivity index (χ0v) is 68.7. The molecule has 11 heterocycles. The summed E-state index contributed by atoms with van der Waals surface area (Å²) in [5.41, 5.74) is 2.93. The number of esters is 4. The molecule has 12 atom stereocenters. The number of thiol groups is 1. The van der Waals surface area contributed by atoms with Crippen LogP contribution in [0.3, 0.4) is 0 Å². The number of aromatic amines is 2. The Bertz CT molecular complexity index is 5210. The normalized spacial score (nSPS) is 21.8. The molecule has 3 saturated heterocycles. The summed E-state index contributed by atoms with van der Waals surface area (Å²) in [6, 6.07) is 35.1. The molecule has 0 bridgehead atoms. The Morgan fingerprint density at radius 2 is 0.966 bits per heavy atom. The first-order chi connectivity index (χ1) is 54.1. The summed E-state index contributed by atoms with van der Waals surface area (Å²) >= 11 is 41.5. The third-order valence-electron chi connectivity index (χ3n) is 16.8. The number of anilines is 1. The van der Waals surface area contributed by atoms with E-state index < -0.39 is 102 Å². The van der Waals surface area contributed by atoms with Gasteiger partial charge >= 0.3 is 48.6 Å². The first-order valence-corrected chi connectivity index (χ1v) is 38.4. The van der Waals surface area contributed by atoms with Crippen LogP contribution in [0.2, 0.25) is 15.5 Å². The molecule has 3 fully saturated rings. The van der Waals surface area contributed by atoms with Crippen LogP contribution in [-0.4, -0.2) is 179 Å². The maximum absolute atomic E-state index is 16.6. The van der Waals surface area contributed by atoms with Gasteiger partial charge in [-0.05, 0) is 123 Å². The van der Waals surface area contributed by atoms with E-state index in [1.807, 2.05) is 6.07 Å². The summed E-state index contributed by atoms with van der Waals surface area (Å²) in [7, 11) is 4.34. The molecule has 621 valence electrons. The topological polar surface area (TPSA) is 356 Å². The summed E-state index contributed by atoms with van der Waals surface area (Å²) in [5.74, 6) is -2.33. The summed E-state index contributed by atoms with van der Waals surface area (Å²) < 4.78 is 103. The second-order valence-electron chi connectivity index (χ2n) is 24.1. The summed E-state index contributed by atoms with van der Waals surface area (Å²) in [4.78, 5) is 87.6. The standard InChI is InChI=1S/C26H20BrClFN3O5.C20H18BrFO5.C12H14BrFN4O3.C6H3BrClN3.C6H4ClN3.5CH4.BHNS.S2.H2/c1-26(29)20(37-24(34)16-10-6-3-7-11-16)18(13-35-23(33)15-8-4-2-5-9-15)36-25(26)32-12-17(27)19-21(28)30-14-31-22(19)32;1-20(22)16(27-18(24)14-10-6-3-7-11-14)15(26-19(20)21)12-25-17(23)13-8-4-2-5-9-13;1-12(14)8(20)6(3-19)21-11(12)18-2-5(13)7-9(15)16-4-17-10(7)18;7-3-1-9-6-4(3)5(8)10-2-11-6;7-5-4-1-2-8-6(4)10-3-9-5;;;;;;1-2-3;1-2;/h2-12,14,18,20,25H,13H2,1H3;2-11,15-16,19H,12H2,1H3;2,4,6,8,11,19-20H,3H2,1H3,(H2,15,16,17);1-2H,(H,9,10,11);1-3H,(H,8,9,10);5*1H4;3H;;1H/t18-,20-,25+,26-;15?,16-,19+,20-;6-,8-,11+,12-;;;;;;;;;;/m111........../s1/i;;;;;;;;;;;;1+2T. The number of nitrogen functional groups attached to an aromatic ring is 1. The van der Waals surface area contributed by atoms with Gasteiger partial charge in [0.15, 0.2) is 46.7 Å². The predicted molar refractivity (Wildman–Crippen MR) is 465 cm³/mol. The number of carbonyl (C=O) groups excluding carboxylic acids is 4. The molecule has 4 aromatic carbocycles. The zero-order chi connectivity index (χ0) is 82.5. The van der Waals surface area contributed by atoms with Crippen LogP contribution in [0.5, 0.6) is 0 Å². The molecular formula is C75H82BBr4Cl3F3N14O13S3. The molecule has 0 saturated carbocycles. The number of ether oxygens (including phenoxy) is 7. The maximum atomic E-state index is 16.6. The number of H-pyrrole nitrogens is 2. The van der Waals surface area contributed by atoms with E-state index >= 15 is 8.78 Å². The van der Waals surface area contributed by atoms with Crippen LogP contribution in [0, 0.1) is 0 Å². The fraction of sp³-hybridized carbons (Fsp3) is 0.307. The number of hydrogen-bond acceptors (Lipinski definition) is 26. The predicted octanol–water partition coefficient (Wildman–Crippen LogP) is 17.8. The Morgan fingerprint density at radius 3 is 1.42 bits per heavy atom. The number of fused-ring (bicyclic) bond motifs is 4. The first kappa shape index (κ1) is 98.6. The zero-order valence-electron chi connectivity index (χ0n) is 59.6. The molecule has 8 aromatic heterocycles. The number of carbonyl (C=O) groups is 4. The van der Waals surface area contributed by atoms with Crippen molar-refractivity contribution in [1.29, 1.82) is 0 Å². The Labute approximate surface area is 734 Å². The van der Waals surface area contributed by atoms with Gasteiger partial charge in [-0.25, -0.2) is 72.2 Å². The molecule has 3 aliphatic rings. The summed E-state index contributed by atoms with van der Waals surface area (Å²) in [5, 5.41) is 22.0. The SMILES string of the molecule is C.C.C.C.C.C[C@@]1(F)[C@H](O)[C@@H](CO)O[C@@H]1n1cc(Br)c2c(N)ncnc21.C[C@@]1(F)[C@H](OC(=O)c2ccccc2)C(COC(=O)c2ccccc2)O[C@@H]1Br.C[C@@]1(F)[C@H](OC(=O)c2ccccc2)[C@@H](COC(=O)c2ccccc2)O[C@@H]1n1cc(Br)c2c(Cl)ncnc21.Clc1ncnc2[nH]cc(Br)c12.Clc1ncnc2[nH]ccc12.S=S.[3H][3H].[B]=NS. The van der Waals surface area contributed by atoms with Crippen molar-refractivity contribution >= 4 is 215 Å². The number of benzene rings is 4. The van der Waals surface area contributed by atoms with Gasteiger partial charge < -0.3 is 68.2 Å². The van der Waals surface area contributed by atoms with Gasteiger partial charge in [0.1, 0.15) is 107 Å². The van der Waals surface area contributed by atoms with E-state index in [-0.39, 0.29) is 66.9 Å². The van der Waals surface area contributed by atoms with E-state index in [4.69, 9.17) is 76.7 Å². The average Bonchev–Trinajstić information content (AvgIpc) is 1.59. The Hall–Kier alpha value is -7.93. The Kier molecular flexibility index (Phi) is 39.0. The molecule has 116 heavy (non-hydrogen) atoms. The number of aromatic nitrogens is 12. The number of halogens is 10. The van der Waals surface area contributed by atoms with Crippen LogP contribution >= 0.6 is 111 Å².